The fourth-order valence-corrected chi connectivity index (χ4v) is 2.07. The van der Waals surface area contributed by atoms with Gasteiger partial charge in [0.05, 0.1) is 5.54 Å². The lowest BCUT2D eigenvalue weighted by atomic mass is 9.94. The molecular weight excluding hydrogens is 234 g/mol. The molecule has 0 aliphatic heterocycles. The smallest absolute Gasteiger partial charge is 0.251 e. The molecule has 0 aromatic heterocycles. The highest BCUT2D eigenvalue weighted by atomic mass is 16.1. The Labute approximate surface area is 114 Å². The van der Waals surface area contributed by atoms with E-state index in [1.165, 1.54) is 0 Å². The number of carbonyl (C=O) groups excluding carboxylic acids is 1. The lowest BCUT2D eigenvalue weighted by molar-refractivity contribution is 0.0912. The average Bonchev–Trinajstić information content (AvgIpc) is 2.39. The maximum Gasteiger partial charge on any atom is 0.251 e. The Hall–Kier alpha value is -2.09. The summed E-state index contributed by atoms with van der Waals surface area (Å²) in [5.74, 6) is -0.0439. The van der Waals surface area contributed by atoms with Crippen LogP contribution in [-0.4, -0.2) is 5.91 Å². The van der Waals surface area contributed by atoms with Crippen molar-refractivity contribution in [2.75, 3.05) is 0 Å². The molecular formula is C17H19NO. The molecule has 0 atom stereocenters. The third kappa shape index (κ3) is 3.22. The van der Waals surface area contributed by atoms with Gasteiger partial charge in [0.15, 0.2) is 0 Å². The van der Waals surface area contributed by atoms with Crippen molar-refractivity contribution >= 4 is 5.91 Å². The van der Waals surface area contributed by atoms with E-state index in [0.29, 0.717) is 5.56 Å². The third-order valence-electron chi connectivity index (χ3n) is 3.20. The Morgan fingerprint density at radius 2 is 1.68 bits per heavy atom. The highest BCUT2D eigenvalue weighted by Crippen LogP contribution is 2.20. The topological polar surface area (TPSA) is 29.1 Å². The summed E-state index contributed by atoms with van der Waals surface area (Å²) in [6, 6.07) is 17.6. The zero-order chi connectivity index (χ0) is 13.9. The molecule has 2 rings (SSSR count). The molecule has 0 radical (unpaired) electrons. The van der Waals surface area contributed by atoms with Crippen LogP contribution in [0.25, 0.3) is 0 Å². The van der Waals surface area contributed by atoms with Gasteiger partial charge in [-0.2, -0.15) is 0 Å². The monoisotopic (exact) mass is 253 g/mol. The van der Waals surface area contributed by atoms with Crippen LogP contribution < -0.4 is 5.32 Å². The van der Waals surface area contributed by atoms with Gasteiger partial charge in [-0.1, -0.05) is 48.0 Å². The molecule has 2 aromatic rings. The van der Waals surface area contributed by atoms with Crippen molar-refractivity contribution in [1.29, 1.82) is 0 Å². The predicted octanol–water partition coefficient (Wildman–Crippen LogP) is 3.66. The number of carbonyl (C=O) groups is 1. The molecule has 0 bridgehead atoms. The maximum absolute atomic E-state index is 12.3. The van der Waals surface area contributed by atoms with Crippen LogP contribution in [-0.2, 0) is 5.54 Å². The molecule has 0 spiro atoms. The fraction of sp³-hybridized carbons (Fsp3) is 0.235. The molecule has 2 nitrogen and oxygen atoms in total. The Balaban J connectivity index is 2.19. The van der Waals surface area contributed by atoms with Crippen molar-refractivity contribution in [3.8, 4) is 0 Å². The lowest BCUT2D eigenvalue weighted by Crippen LogP contribution is -2.40. The van der Waals surface area contributed by atoms with E-state index in [0.717, 1.165) is 11.1 Å². The van der Waals surface area contributed by atoms with Gasteiger partial charge in [-0.05, 0) is 38.5 Å². The number of hydrogen-bond acceptors (Lipinski definition) is 1. The molecule has 0 saturated heterocycles. The Bertz CT molecular complexity index is 573. The van der Waals surface area contributed by atoms with E-state index in [2.05, 4.69) is 5.32 Å². The first kappa shape index (κ1) is 13.3. The molecule has 0 saturated carbocycles. The van der Waals surface area contributed by atoms with E-state index < -0.39 is 0 Å². The van der Waals surface area contributed by atoms with Gasteiger partial charge in [0.1, 0.15) is 0 Å². The van der Waals surface area contributed by atoms with Crippen molar-refractivity contribution in [1.82, 2.24) is 5.32 Å². The Morgan fingerprint density at radius 1 is 1.00 bits per heavy atom. The van der Waals surface area contributed by atoms with Gasteiger partial charge in [-0.3, -0.25) is 4.79 Å². The van der Waals surface area contributed by atoms with Crippen molar-refractivity contribution in [2.45, 2.75) is 26.3 Å². The standard InChI is InChI=1S/C17H19NO/c1-13-8-7-9-14(12-13)16(19)18-17(2,3)15-10-5-4-6-11-15/h4-12H,1-3H3,(H,18,19). The number of rotatable bonds is 3. The summed E-state index contributed by atoms with van der Waals surface area (Å²) in [6.45, 7) is 6.01. The normalized spacial score (nSPS) is 11.1. The summed E-state index contributed by atoms with van der Waals surface area (Å²) < 4.78 is 0. The van der Waals surface area contributed by atoms with Crippen LogP contribution in [0.2, 0.25) is 0 Å². The number of aryl methyl sites for hydroxylation is 1. The zero-order valence-corrected chi connectivity index (χ0v) is 11.6. The fourth-order valence-electron chi connectivity index (χ4n) is 2.07. The molecule has 0 heterocycles. The summed E-state index contributed by atoms with van der Waals surface area (Å²) in [5, 5.41) is 3.08. The molecule has 98 valence electrons. The second kappa shape index (κ2) is 5.27. The van der Waals surface area contributed by atoms with E-state index >= 15 is 0 Å². The van der Waals surface area contributed by atoms with E-state index in [1.54, 1.807) is 0 Å². The van der Waals surface area contributed by atoms with Crippen molar-refractivity contribution in [3.05, 3.63) is 71.3 Å². The first-order valence-corrected chi connectivity index (χ1v) is 6.44. The molecule has 1 amide bonds. The molecule has 0 aliphatic carbocycles. The van der Waals surface area contributed by atoms with Gasteiger partial charge in [-0.15, -0.1) is 0 Å². The van der Waals surface area contributed by atoms with E-state index in [-0.39, 0.29) is 11.4 Å². The number of amides is 1. The van der Waals surface area contributed by atoms with Crippen molar-refractivity contribution in [3.63, 3.8) is 0 Å². The van der Waals surface area contributed by atoms with Crippen LogP contribution in [0.15, 0.2) is 54.6 Å². The molecule has 2 aromatic carbocycles. The maximum atomic E-state index is 12.3. The minimum Gasteiger partial charge on any atom is -0.343 e. The summed E-state index contributed by atoms with van der Waals surface area (Å²) in [6.07, 6.45) is 0. The SMILES string of the molecule is Cc1cccc(C(=O)NC(C)(C)c2ccccc2)c1. The summed E-state index contributed by atoms with van der Waals surface area (Å²) in [7, 11) is 0. The Morgan fingerprint density at radius 3 is 2.32 bits per heavy atom. The molecule has 0 aliphatic rings. The van der Waals surface area contributed by atoms with Crippen LogP contribution in [0.1, 0.15) is 35.3 Å². The molecule has 19 heavy (non-hydrogen) atoms. The van der Waals surface area contributed by atoms with E-state index in [1.807, 2.05) is 75.4 Å². The van der Waals surface area contributed by atoms with Gasteiger partial charge in [0.25, 0.3) is 5.91 Å². The molecule has 2 heteroatoms. The van der Waals surface area contributed by atoms with Crippen molar-refractivity contribution in [2.24, 2.45) is 0 Å². The lowest BCUT2D eigenvalue weighted by Gasteiger charge is -2.27. The number of benzene rings is 2. The van der Waals surface area contributed by atoms with Crippen LogP contribution in [0.5, 0.6) is 0 Å². The van der Waals surface area contributed by atoms with Crippen molar-refractivity contribution < 1.29 is 4.79 Å². The molecule has 0 unspecified atom stereocenters. The van der Waals surface area contributed by atoms with Crippen LogP contribution >= 0.6 is 0 Å². The highest BCUT2D eigenvalue weighted by Gasteiger charge is 2.23. The van der Waals surface area contributed by atoms with Crippen LogP contribution in [0.4, 0.5) is 0 Å². The number of hydrogen-bond donors (Lipinski definition) is 1. The van der Waals surface area contributed by atoms with Gasteiger partial charge in [0, 0.05) is 5.56 Å². The Kier molecular flexibility index (Phi) is 3.70. The highest BCUT2D eigenvalue weighted by molar-refractivity contribution is 5.94. The summed E-state index contributed by atoms with van der Waals surface area (Å²) in [4.78, 5) is 12.3. The van der Waals surface area contributed by atoms with E-state index in [9.17, 15) is 4.79 Å². The second-order valence-electron chi connectivity index (χ2n) is 5.31. The van der Waals surface area contributed by atoms with Crippen LogP contribution in [0, 0.1) is 6.92 Å². The minimum atomic E-state index is -0.387. The average molecular weight is 253 g/mol. The summed E-state index contributed by atoms with van der Waals surface area (Å²) >= 11 is 0. The van der Waals surface area contributed by atoms with Gasteiger partial charge in [0.2, 0.25) is 0 Å². The largest absolute Gasteiger partial charge is 0.343 e. The first-order valence-electron chi connectivity index (χ1n) is 6.44. The minimum absolute atomic E-state index is 0.0439. The predicted molar refractivity (Wildman–Crippen MR) is 78.1 cm³/mol. The second-order valence-corrected chi connectivity index (χ2v) is 5.31. The van der Waals surface area contributed by atoms with E-state index in [4.69, 9.17) is 0 Å². The third-order valence-corrected chi connectivity index (χ3v) is 3.20. The zero-order valence-electron chi connectivity index (χ0n) is 11.6. The van der Waals surface area contributed by atoms with Gasteiger partial charge >= 0.3 is 0 Å². The van der Waals surface area contributed by atoms with Gasteiger partial charge < -0.3 is 5.32 Å². The number of nitrogens with one attached hydrogen (secondary N) is 1. The molecule has 1 N–H and O–H groups in total. The molecule has 0 fully saturated rings. The first-order chi connectivity index (χ1) is 8.99. The van der Waals surface area contributed by atoms with Gasteiger partial charge in [-0.25, -0.2) is 0 Å². The summed E-state index contributed by atoms with van der Waals surface area (Å²) in [5.41, 5.74) is 2.49. The van der Waals surface area contributed by atoms with Crippen LogP contribution in [0.3, 0.4) is 0 Å². The quantitative estimate of drug-likeness (QED) is 0.888.